The number of carbonyl (C=O) groups excluding carboxylic acids is 2. The maximum absolute atomic E-state index is 14.3. The molecule has 1 spiro atoms. The lowest BCUT2D eigenvalue weighted by molar-refractivity contribution is 0.0131. The van der Waals surface area contributed by atoms with Crippen LogP contribution in [-0.2, 0) is 26.5 Å². The number of ether oxygens (including phenoxy) is 2. The number of rotatable bonds is 3. The fourth-order valence-electron chi connectivity index (χ4n) is 8.23. The molecule has 8 atom stereocenters. The summed E-state index contributed by atoms with van der Waals surface area (Å²) >= 11 is 6.44. The molecule has 2 N–H and O–H groups in total. The van der Waals surface area contributed by atoms with Crippen molar-refractivity contribution in [2.75, 3.05) is 37.5 Å². The summed E-state index contributed by atoms with van der Waals surface area (Å²) in [4.78, 5) is 29.2. The van der Waals surface area contributed by atoms with E-state index in [0.717, 1.165) is 68.1 Å². The van der Waals surface area contributed by atoms with Gasteiger partial charge in [0.05, 0.1) is 24.2 Å². The number of hydrogen-bond acceptors (Lipinski definition) is 6. The summed E-state index contributed by atoms with van der Waals surface area (Å²) in [5.41, 5.74) is 3.47. The molecule has 2 bridgehead atoms. The van der Waals surface area contributed by atoms with Crippen molar-refractivity contribution in [2.45, 2.75) is 76.4 Å². The van der Waals surface area contributed by atoms with Gasteiger partial charge in [-0.3, -0.25) is 9.52 Å². The van der Waals surface area contributed by atoms with E-state index in [1.165, 1.54) is 11.1 Å². The van der Waals surface area contributed by atoms with Crippen LogP contribution in [-0.4, -0.2) is 60.9 Å². The fourth-order valence-corrected chi connectivity index (χ4v) is 10.3. The molecule has 2 fully saturated rings. The van der Waals surface area contributed by atoms with Crippen LogP contribution in [0.25, 0.3) is 0 Å². The first-order valence-corrected chi connectivity index (χ1v) is 19.5. The van der Waals surface area contributed by atoms with Crippen LogP contribution in [0.3, 0.4) is 0 Å². The largest absolute Gasteiger partial charge is 0.490 e. The van der Waals surface area contributed by atoms with Gasteiger partial charge in [0.25, 0.3) is 5.91 Å². The average Bonchev–Trinajstić information content (AvgIpc) is 3.75. The molecule has 3 aliphatic carbocycles. The number of allylic oxidation sites excluding steroid dienone is 1. The molecule has 5 aliphatic rings. The van der Waals surface area contributed by atoms with Gasteiger partial charge in [-0.1, -0.05) is 43.7 Å². The van der Waals surface area contributed by atoms with Gasteiger partial charge in [-0.05, 0) is 110 Å². The highest BCUT2D eigenvalue weighted by Gasteiger charge is 2.44. The molecule has 0 aromatic heterocycles. The maximum atomic E-state index is 14.3. The van der Waals surface area contributed by atoms with Crippen molar-refractivity contribution in [3.05, 3.63) is 70.3 Å². The number of benzene rings is 2. The Hall–Kier alpha value is -3.08. The van der Waals surface area contributed by atoms with Crippen LogP contribution in [0.5, 0.6) is 5.75 Å². The Morgan fingerprint density at radius 2 is 2.02 bits per heavy atom. The van der Waals surface area contributed by atoms with Crippen molar-refractivity contribution in [3.63, 3.8) is 0 Å². The number of hydrogen-bond donors (Lipinski definition) is 2. The van der Waals surface area contributed by atoms with E-state index in [9.17, 15) is 13.8 Å². The molecule has 7 rings (SSSR count). The molecular weight excluding hydrogens is 648 g/mol. The number of anilines is 1. The van der Waals surface area contributed by atoms with E-state index in [1.807, 2.05) is 32.0 Å². The molecule has 48 heavy (non-hydrogen) atoms. The van der Waals surface area contributed by atoms with E-state index in [1.54, 1.807) is 13.2 Å². The minimum Gasteiger partial charge on any atom is -0.490 e. The molecule has 0 radical (unpaired) electrons. The topological polar surface area (TPSA) is 109 Å². The van der Waals surface area contributed by atoms with E-state index < -0.39 is 21.9 Å². The van der Waals surface area contributed by atoms with Gasteiger partial charge in [0, 0.05) is 42.2 Å². The van der Waals surface area contributed by atoms with Crippen LogP contribution in [0.1, 0.15) is 73.9 Å². The normalized spacial score (nSPS) is 35.1. The number of aryl methyl sites for hydroxylation is 1. The highest BCUT2D eigenvalue weighted by molar-refractivity contribution is 7.92. The number of urea groups is 1. The minimum atomic E-state index is -3.44. The Labute approximate surface area is 289 Å². The van der Waals surface area contributed by atoms with Gasteiger partial charge in [0.2, 0.25) is 0 Å². The highest BCUT2D eigenvalue weighted by Crippen LogP contribution is 2.47. The Morgan fingerprint density at radius 3 is 2.77 bits per heavy atom. The number of methoxy groups -OCH3 is 1. The Balaban J connectivity index is 1.28. The second-order valence-corrected chi connectivity index (χ2v) is 17.3. The zero-order valence-electron chi connectivity index (χ0n) is 28.1. The van der Waals surface area contributed by atoms with E-state index in [0.29, 0.717) is 36.3 Å². The summed E-state index contributed by atoms with van der Waals surface area (Å²) in [6.45, 7) is 6.06. The standard InChI is InChI=1S/C37H47ClN4O5S/c1-23-6-4-8-33(46-3)29-12-9-27(29)19-42-21-37(15-5-7-25-17-28(38)11-13-30(25)37)22-47-34-14-10-26(18-32(34)42)35(43)40-48(45,20-23)41-36(44)39-31-16-24(31)2/h4,8,10-11,13-14,17-18,23-24,27,29,31,33H,5-7,9,12,15-16,19-22H2,1-3H3,(H2,39,40,41,43,44,45)/b8-4+/t23-,24+,27-,29+,31+,33-,37-,48-/m0/s1. The summed E-state index contributed by atoms with van der Waals surface area (Å²) in [5.74, 6) is 1.18. The molecule has 258 valence electrons. The first-order chi connectivity index (χ1) is 23.0. The van der Waals surface area contributed by atoms with Crippen LogP contribution < -0.4 is 19.7 Å². The molecule has 0 unspecified atom stereocenters. The second kappa shape index (κ2) is 13.3. The minimum absolute atomic E-state index is 0.0375. The summed E-state index contributed by atoms with van der Waals surface area (Å²) in [7, 11) is -1.66. The van der Waals surface area contributed by atoms with Gasteiger partial charge in [-0.25, -0.2) is 9.00 Å². The van der Waals surface area contributed by atoms with Gasteiger partial charge in [0.1, 0.15) is 15.7 Å². The molecule has 11 heteroatoms. The third-order valence-electron chi connectivity index (χ3n) is 11.2. The van der Waals surface area contributed by atoms with Crippen LogP contribution in [0.15, 0.2) is 52.9 Å². The van der Waals surface area contributed by atoms with Crippen molar-refractivity contribution in [2.24, 2.45) is 28.0 Å². The van der Waals surface area contributed by atoms with Gasteiger partial charge < -0.3 is 19.7 Å². The maximum Gasteiger partial charge on any atom is 0.327 e. The Morgan fingerprint density at radius 1 is 1.19 bits per heavy atom. The predicted molar refractivity (Wildman–Crippen MR) is 189 cm³/mol. The van der Waals surface area contributed by atoms with Crippen molar-refractivity contribution in [1.29, 1.82) is 0 Å². The van der Waals surface area contributed by atoms with Gasteiger partial charge in [-0.2, -0.15) is 0 Å². The predicted octanol–water partition coefficient (Wildman–Crippen LogP) is 6.68. The first kappa shape index (κ1) is 33.4. The number of amides is 3. The van der Waals surface area contributed by atoms with E-state index in [-0.39, 0.29) is 29.2 Å². The lowest BCUT2D eigenvalue weighted by Crippen LogP contribution is -2.49. The number of carbonyl (C=O) groups is 2. The number of nitrogens with one attached hydrogen (secondary N) is 2. The van der Waals surface area contributed by atoms with Gasteiger partial charge in [-0.15, -0.1) is 4.36 Å². The van der Waals surface area contributed by atoms with Crippen LogP contribution in [0.4, 0.5) is 10.5 Å². The van der Waals surface area contributed by atoms with Crippen LogP contribution in [0, 0.1) is 23.7 Å². The SMILES string of the molecule is CO[C@H]1/C=C/C[C@H](C)C[S@@](=O)(NC(=O)N[C@@H]2C[C@H]2C)=NC(=O)c2ccc3c(c2)N(C[C@@H]2CC[C@H]21)C[C@@]1(CCCc2cc(Cl)ccc21)CO3. The van der Waals surface area contributed by atoms with Crippen molar-refractivity contribution >= 4 is 39.1 Å². The van der Waals surface area contributed by atoms with E-state index in [4.69, 9.17) is 21.1 Å². The van der Waals surface area contributed by atoms with Crippen molar-refractivity contribution < 1.29 is 23.3 Å². The zero-order chi connectivity index (χ0) is 33.6. The number of halogens is 1. The molecule has 3 amide bonds. The molecule has 2 aliphatic heterocycles. The molecular formula is C37H47ClN4O5S. The number of fused-ring (bicyclic) bond motifs is 4. The third-order valence-corrected chi connectivity index (χ3v) is 13.4. The van der Waals surface area contributed by atoms with Crippen molar-refractivity contribution in [1.82, 2.24) is 10.0 Å². The lowest BCUT2D eigenvalue weighted by Gasteiger charge is -2.46. The van der Waals surface area contributed by atoms with Crippen LogP contribution >= 0.6 is 11.6 Å². The summed E-state index contributed by atoms with van der Waals surface area (Å²) in [5, 5.41) is 3.62. The average molecular weight is 695 g/mol. The highest BCUT2D eigenvalue weighted by atomic mass is 35.5. The third kappa shape index (κ3) is 6.85. The van der Waals surface area contributed by atoms with Crippen molar-refractivity contribution in [3.8, 4) is 5.75 Å². The Kier molecular flexibility index (Phi) is 9.28. The zero-order valence-corrected chi connectivity index (χ0v) is 29.7. The van der Waals surface area contributed by atoms with Gasteiger partial charge >= 0.3 is 6.03 Å². The first-order valence-electron chi connectivity index (χ1n) is 17.4. The Bertz CT molecular complexity index is 1740. The van der Waals surface area contributed by atoms with E-state index in [2.05, 4.69) is 43.6 Å². The second-order valence-electron chi connectivity index (χ2n) is 14.9. The van der Waals surface area contributed by atoms with Gasteiger partial charge in [0.15, 0.2) is 0 Å². The number of nitrogens with zero attached hydrogens (tertiary/aromatic N) is 2. The summed E-state index contributed by atoms with van der Waals surface area (Å²) in [6, 6.07) is 11.1. The molecule has 9 nitrogen and oxygen atoms in total. The molecule has 2 aromatic rings. The summed E-state index contributed by atoms with van der Waals surface area (Å²) < 4.78 is 33.8. The molecule has 0 saturated heterocycles. The van der Waals surface area contributed by atoms with Crippen LogP contribution in [0.2, 0.25) is 5.02 Å². The quantitative estimate of drug-likeness (QED) is 0.347. The monoisotopic (exact) mass is 694 g/mol. The van der Waals surface area contributed by atoms with E-state index >= 15 is 0 Å². The molecule has 2 aromatic carbocycles. The smallest absolute Gasteiger partial charge is 0.327 e. The fraction of sp³-hybridized carbons (Fsp3) is 0.568. The molecule has 2 heterocycles. The lowest BCUT2D eigenvalue weighted by atomic mass is 9.68. The summed E-state index contributed by atoms with van der Waals surface area (Å²) in [6.07, 6.45) is 10.9. The molecule has 2 saturated carbocycles.